The molecule has 1 aromatic heterocycles. The SMILES string of the molecule is CC(C)C1=CC(F)=C(C2Nc3cc[n+](Cc4ccccc4)cc3C2F)C(F)C1. The molecule has 0 fully saturated rings. The van der Waals surface area contributed by atoms with Crippen LogP contribution in [0.4, 0.5) is 18.9 Å². The van der Waals surface area contributed by atoms with E-state index in [-0.39, 0.29) is 17.9 Å². The zero-order valence-electron chi connectivity index (χ0n) is 16.0. The summed E-state index contributed by atoms with van der Waals surface area (Å²) in [5.41, 5.74) is 2.74. The number of benzene rings is 1. The molecule has 3 unspecified atom stereocenters. The summed E-state index contributed by atoms with van der Waals surface area (Å²) >= 11 is 0. The average Bonchev–Trinajstić information content (AvgIpc) is 2.98. The third-order valence-corrected chi connectivity index (χ3v) is 5.57. The molecule has 0 amide bonds. The normalized spacial score (nSPS) is 24.2. The van der Waals surface area contributed by atoms with Crippen molar-refractivity contribution in [1.29, 1.82) is 0 Å². The Balaban J connectivity index is 1.61. The number of fused-ring (bicyclic) bond motifs is 1. The van der Waals surface area contributed by atoms with Crippen molar-refractivity contribution in [3.63, 3.8) is 0 Å². The summed E-state index contributed by atoms with van der Waals surface area (Å²) in [4.78, 5) is 0. The quantitative estimate of drug-likeness (QED) is 0.699. The van der Waals surface area contributed by atoms with Crippen molar-refractivity contribution >= 4 is 5.69 Å². The molecule has 1 aliphatic heterocycles. The van der Waals surface area contributed by atoms with Crippen molar-refractivity contribution in [3.8, 4) is 0 Å². The summed E-state index contributed by atoms with van der Waals surface area (Å²) in [7, 11) is 0. The number of pyridine rings is 1. The van der Waals surface area contributed by atoms with Crippen LogP contribution in [-0.4, -0.2) is 12.2 Å². The molecule has 0 bridgehead atoms. The number of allylic oxidation sites excluding steroid dienone is 3. The number of rotatable bonds is 4. The predicted molar refractivity (Wildman–Crippen MR) is 104 cm³/mol. The first kappa shape index (κ1) is 18.8. The summed E-state index contributed by atoms with van der Waals surface area (Å²) < 4.78 is 46.6. The minimum Gasteiger partial charge on any atom is -0.374 e. The minimum absolute atomic E-state index is 0.0670. The van der Waals surface area contributed by atoms with Crippen molar-refractivity contribution in [2.75, 3.05) is 5.32 Å². The highest BCUT2D eigenvalue weighted by molar-refractivity contribution is 5.60. The molecule has 1 N–H and O–H groups in total. The van der Waals surface area contributed by atoms with E-state index >= 15 is 4.39 Å². The van der Waals surface area contributed by atoms with Crippen LogP contribution < -0.4 is 9.88 Å². The van der Waals surface area contributed by atoms with Crippen LogP contribution in [0.2, 0.25) is 0 Å². The highest BCUT2D eigenvalue weighted by atomic mass is 19.1. The topological polar surface area (TPSA) is 15.9 Å². The maximum Gasteiger partial charge on any atom is 0.177 e. The number of nitrogens with zero attached hydrogens (tertiary/aromatic N) is 1. The van der Waals surface area contributed by atoms with Crippen LogP contribution in [0.5, 0.6) is 0 Å². The van der Waals surface area contributed by atoms with E-state index in [0.29, 0.717) is 17.8 Å². The molecule has 2 heterocycles. The maximum atomic E-state index is 15.2. The Morgan fingerprint density at radius 2 is 1.89 bits per heavy atom. The summed E-state index contributed by atoms with van der Waals surface area (Å²) in [5, 5.41) is 2.99. The van der Waals surface area contributed by atoms with E-state index in [9.17, 15) is 8.78 Å². The number of aromatic nitrogens is 1. The Labute approximate surface area is 163 Å². The van der Waals surface area contributed by atoms with Gasteiger partial charge >= 0.3 is 0 Å². The fraction of sp³-hybridized carbons (Fsp3) is 0.348. The number of hydrogen-bond acceptors (Lipinski definition) is 1. The van der Waals surface area contributed by atoms with Crippen LogP contribution in [0, 0.1) is 5.92 Å². The van der Waals surface area contributed by atoms with Gasteiger partial charge in [-0.3, -0.25) is 0 Å². The van der Waals surface area contributed by atoms with Crippen LogP contribution in [0.3, 0.4) is 0 Å². The molecule has 28 heavy (non-hydrogen) atoms. The highest BCUT2D eigenvalue weighted by Crippen LogP contribution is 2.44. The summed E-state index contributed by atoms with van der Waals surface area (Å²) in [6, 6.07) is 10.6. The third kappa shape index (κ3) is 3.46. The lowest BCUT2D eigenvalue weighted by Gasteiger charge is -2.27. The Hall–Kier alpha value is -2.56. The molecule has 2 aliphatic rings. The van der Waals surface area contributed by atoms with Gasteiger partial charge in [0, 0.05) is 23.6 Å². The molecule has 5 heteroatoms. The molecule has 1 aromatic carbocycles. The van der Waals surface area contributed by atoms with Gasteiger partial charge in [-0.1, -0.05) is 49.8 Å². The van der Waals surface area contributed by atoms with E-state index in [1.807, 2.05) is 54.9 Å². The minimum atomic E-state index is -1.51. The van der Waals surface area contributed by atoms with E-state index in [1.165, 1.54) is 6.08 Å². The second-order valence-electron chi connectivity index (χ2n) is 7.84. The van der Waals surface area contributed by atoms with Gasteiger partial charge in [-0.2, -0.15) is 0 Å². The van der Waals surface area contributed by atoms with Gasteiger partial charge in [0.05, 0.1) is 17.3 Å². The molecule has 2 aromatic rings. The van der Waals surface area contributed by atoms with E-state index in [1.54, 1.807) is 12.3 Å². The number of anilines is 1. The molecule has 3 atom stereocenters. The van der Waals surface area contributed by atoms with Gasteiger partial charge in [0.25, 0.3) is 0 Å². The lowest BCUT2D eigenvalue weighted by Crippen LogP contribution is -2.34. The van der Waals surface area contributed by atoms with Gasteiger partial charge in [-0.25, -0.2) is 17.7 Å². The summed E-state index contributed by atoms with van der Waals surface area (Å²) in [6.45, 7) is 4.42. The molecule has 4 rings (SSSR count). The van der Waals surface area contributed by atoms with Gasteiger partial charge in [-0.15, -0.1) is 0 Å². The van der Waals surface area contributed by atoms with Gasteiger partial charge in [0.2, 0.25) is 0 Å². The molecule has 2 nitrogen and oxygen atoms in total. The Morgan fingerprint density at radius 1 is 1.14 bits per heavy atom. The van der Waals surface area contributed by atoms with Crippen molar-refractivity contribution < 1.29 is 17.7 Å². The van der Waals surface area contributed by atoms with Crippen LogP contribution >= 0.6 is 0 Å². The van der Waals surface area contributed by atoms with E-state index in [0.717, 1.165) is 11.1 Å². The lowest BCUT2D eigenvalue weighted by atomic mass is 9.85. The molecule has 146 valence electrons. The largest absolute Gasteiger partial charge is 0.374 e. The van der Waals surface area contributed by atoms with Crippen LogP contribution in [0.25, 0.3) is 0 Å². The first-order valence-corrected chi connectivity index (χ1v) is 9.65. The van der Waals surface area contributed by atoms with Crippen LogP contribution in [0.15, 0.2) is 71.8 Å². The predicted octanol–water partition coefficient (Wildman–Crippen LogP) is 5.37. The van der Waals surface area contributed by atoms with Gasteiger partial charge in [-0.05, 0) is 12.0 Å². The second kappa shape index (κ2) is 7.46. The maximum absolute atomic E-state index is 15.2. The molecular weight excluding hydrogens is 361 g/mol. The van der Waals surface area contributed by atoms with Crippen molar-refractivity contribution in [3.05, 3.63) is 83.0 Å². The molecule has 1 aliphatic carbocycles. The van der Waals surface area contributed by atoms with E-state index < -0.39 is 24.2 Å². The van der Waals surface area contributed by atoms with Crippen LogP contribution in [-0.2, 0) is 6.54 Å². The fourth-order valence-electron chi connectivity index (χ4n) is 3.97. The zero-order chi connectivity index (χ0) is 19.8. The smallest absolute Gasteiger partial charge is 0.177 e. The van der Waals surface area contributed by atoms with Crippen molar-refractivity contribution in [1.82, 2.24) is 0 Å². The third-order valence-electron chi connectivity index (χ3n) is 5.57. The van der Waals surface area contributed by atoms with Crippen molar-refractivity contribution in [2.24, 2.45) is 5.92 Å². The summed E-state index contributed by atoms with van der Waals surface area (Å²) in [6.07, 6.45) is 2.07. The first-order valence-electron chi connectivity index (χ1n) is 9.65. The number of alkyl halides is 2. The van der Waals surface area contributed by atoms with Gasteiger partial charge < -0.3 is 5.32 Å². The number of halogens is 3. The monoisotopic (exact) mass is 385 g/mol. The van der Waals surface area contributed by atoms with Crippen LogP contribution in [0.1, 0.15) is 37.6 Å². The lowest BCUT2D eigenvalue weighted by molar-refractivity contribution is -0.688. The van der Waals surface area contributed by atoms with Gasteiger partial charge in [0.1, 0.15) is 12.0 Å². The number of hydrogen-bond donors (Lipinski definition) is 1. The highest BCUT2D eigenvalue weighted by Gasteiger charge is 2.42. The van der Waals surface area contributed by atoms with Gasteiger partial charge in [0.15, 0.2) is 25.1 Å². The first-order chi connectivity index (χ1) is 13.4. The Bertz CT molecular complexity index is 934. The summed E-state index contributed by atoms with van der Waals surface area (Å²) in [5.74, 6) is -0.579. The van der Waals surface area contributed by atoms with E-state index in [4.69, 9.17) is 0 Å². The molecular formula is C23H24F3N2+. The molecule has 0 spiro atoms. The zero-order valence-corrected chi connectivity index (χ0v) is 16.0. The van der Waals surface area contributed by atoms with E-state index in [2.05, 4.69) is 5.32 Å². The Morgan fingerprint density at radius 3 is 2.57 bits per heavy atom. The number of nitrogens with one attached hydrogen (secondary N) is 1. The molecule has 0 saturated carbocycles. The fourth-order valence-corrected chi connectivity index (χ4v) is 3.97. The molecule has 0 saturated heterocycles. The molecule has 0 radical (unpaired) electrons. The standard InChI is InChI=1S/C23H23F3N2/c1-14(2)16-10-18(24)21(19(25)11-16)23-22(26)17-13-28(9-8-20(17)27-23)12-15-6-4-3-5-7-15/h3-10,13-14,19,22-23H,11-12H2,1-2H3/p+1. The Kier molecular flexibility index (Phi) is 5.00. The second-order valence-corrected chi connectivity index (χ2v) is 7.84. The van der Waals surface area contributed by atoms with Crippen molar-refractivity contribution in [2.45, 2.75) is 45.2 Å². The average molecular weight is 385 g/mol.